The molecule has 1 aromatic heterocycles. The van der Waals surface area contributed by atoms with E-state index in [1.165, 1.54) is 4.88 Å². The molecule has 4 heteroatoms. The van der Waals surface area contributed by atoms with Gasteiger partial charge in [-0.05, 0) is 24.8 Å². The molecule has 0 aromatic carbocycles. The molecule has 84 valence electrons. The second-order valence-corrected chi connectivity index (χ2v) is 4.34. The quantitative estimate of drug-likeness (QED) is 0.796. The molecular formula is C11H18N2OS. The van der Waals surface area contributed by atoms with Crippen molar-refractivity contribution in [3.8, 4) is 0 Å². The predicted molar refractivity (Wildman–Crippen MR) is 64.2 cm³/mol. The molecule has 0 saturated carbocycles. The maximum Gasteiger partial charge on any atom is 0.315 e. The van der Waals surface area contributed by atoms with Gasteiger partial charge in [0.1, 0.15) is 0 Å². The van der Waals surface area contributed by atoms with Gasteiger partial charge >= 0.3 is 6.03 Å². The van der Waals surface area contributed by atoms with Crippen molar-refractivity contribution in [2.24, 2.45) is 0 Å². The third-order valence-electron chi connectivity index (χ3n) is 2.11. The molecule has 1 rings (SSSR count). The summed E-state index contributed by atoms with van der Waals surface area (Å²) in [6.45, 7) is 4.70. The van der Waals surface area contributed by atoms with Crippen LogP contribution in [0.25, 0.3) is 0 Å². The Balaban J connectivity index is 2.55. The summed E-state index contributed by atoms with van der Waals surface area (Å²) in [4.78, 5) is 12.6. The highest BCUT2D eigenvalue weighted by Gasteiger charge is 2.13. The van der Waals surface area contributed by atoms with Crippen molar-refractivity contribution in [1.82, 2.24) is 10.6 Å². The zero-order valence-electron chi connectivity index (χ0n) is 9.25. The van der Waals surface area contributed by atoms with Crippen LogP contribution in [0.1, 0.15) is 37.6 Å². The summed E-state index contributed by atoms with van der Waals surface area (Å²) < 4.78 is 0. The molecule has 1 aromatic rings. The Morgan fingerprint density at radius 1 is 1.53 bits per heavy atom. The number of thiophene rings is 1. The van der Waals surface area contributed by atoms with Gasteiger partial charge < -0.3 is 10.6 Å². The van der Waals surface area contributed by atoms with Crippen molar-refractivity contribution in [3.05, 3.63) is 22.4 Å². The number of hydrogen-bond acceptors (Lipinski definition) is 2. The highest BCUT2D eigenvalue weighted by atomic mass is 32.1. The third-order valence-corrected chi connectivity index (χ3v) is 3.09. The average molecular weight is 226 g/mol. The van der Waals surface area contributed by atoms with E-state index in [1.54, 1.807) is 11.3 Å². The lowest BCUT2D eigenvalue weighted by Crippen LogP contribution is -2.37. The highest BCUT2D eigenvalue weighted by Crippen LogP contribution is 2.22. The molecule has 15 heavy (non-hydrogen) atoms. The third kappa shape index (κ3) is 3.91. The molecule has 2 N–H and O–H groups in total. The number of carbonyl (C=O) groups excluding carboxylic acids is 1. The van der Waals surface area contributed by atoms with Gasteiger partial charge in [-0.2, -0.15) is 0 Å². The molecule has 0 saturated heterocycles. The van der Waals surface area contributed by atoms with Crippen molar-refractivity contribution in [2.75, 3.05) is 6.54 Å². The first-order valence-electron chi connectivity index (χ1n) is 5.35. The van der Waals surface area contributed by atoms with E-state index in [0.717, 1.165) is 12.8 Å². The van der Waals surface area contributed by atoms with Crippen molar-refractivity contribution >= 4 is 17.4 Å². The fraction of sp³-hybridized carbons (Fsp3) is 0.545. The summed E-state index contributed by atoms with van der Waals surface area (Å²) in [7, 11) is 0. The lowest BCUT2D eigenvalue weighted by molar-refractivity contribution is 0.237. The molecule has 0 bridgehead atoms. The number of amides is 2. The van der Waals surface area contributed by atoms with Crippen molar-refractivity contribution < 1.29 is 4.79 Å². The van der Waals surface area contributed by atoms with Gasteiger partial charge in [-0.3, -0.25) is 0 Å². The van der Waals surface area contributed by atoms with Gasteiger partial charge in [0.2, 0.25) is 0 Å². The van der Waals surface area contributed by atoms with Crippen LogP contribution in [0.3, 0.4) is 0 Å². The normalized spacial score (nSPS) is 12.1. The van der Waals surface area contributed by atoms with Gasteiger partial charge in [-0.1, -0.05) is 19.4 Å². The number of rotatable bonds is 5. The van der Waals surface area contributed by atoms with Crippen LogP contribution in [0.15, 0.2) is 17.5 Å². The van der Waals surface area contributed by atoms with Crippen LogP contribution in [-0.4, -0.2) is 12.6 Å². The first-order valence-corrected chi connectivity index (χ1v) is 6.23. The van der Waals surface area contributed by atoms with Crippen LogP contribution in [0.5, 0.6) is 0 Å². The van der Waals surface area contributed by atoms with E-state index in [2.05, 4.69) is 23.6 Å². The number of nitrogens with one attached hydrogen (secondary N) is 2. The van der Waals surface area contributed by atoms with Crippen molar-refractivity contribution in [1.29, 1.82) is 0 Å². The van der Waals surface area contributed by atoms with Crippen LogP contribution in [0.4, 0.5) is 4.79 Å². The van der Waals surface area contributed by atoms with Crippen molar-refractivity contribution in [2.45, 2.75) is 32.7 Å². The van der Waals surface area contributed by atoms with Gasteiger partial charge in [0, 0.05) is 11.4 Å². The Hall–Kier alpha value is -1.03. The molecule has 0 radical (unpaired) electrons. The van der Waals surface area contributed by atoms with E-state index in [-0.39, 0.29) is 12.1 Å². The first kappa shape index (κ1) is 12.0. The zero-order valence-corrected chi connectivity index (χ0v) is 10.1. The first-order chi connectivity index (χ1) is 7.27. The maximum absolute atomic E-state index is 11.4. The topological polar surface area (TPSA) is 41.1 Å². The van der Waals surface area contributed by atoms with Crippen LogP contribution in [0, 0.1) is 0 Å². The molecule has 1 unspecified atom stereocenters. The number of carbonyl (C=O) groups is 1. The minimum absolute atomic E-state index is 0.0793. The van der Waals surface area contributed by atoms with Crippen LogP contribution in [0.2, 0.25) is 0 Å². The summed E-state index contributed by atoms with van der Waals surface area (Å²) >= 11 is 1.69. The highest BCUT2D eigenvalue weighted by molar-refractivity contribution is 7.10. The van der Waals surface area contributed by atoms with E-state index in [0.29, 0.717) is 6.54 Å². The standard InChI is InChI=1S/C11H18N2OS/c1-3-6-9(10-7-5-8-15-10)13-11(14)12-4-2/h5,7-9H,3-4,6H2,1-2H3,(H2,12,13,14). The summed E-state index contributed by atoms with van der Waals surface area (Å²) in [6, 6.07) is 4.16. The van der Waals surface area contributed by atoms with Crippen LogP contribution >= 0.6 is 11.3 Å². The van der Waals surface area contributed by atoms with E-state index in [4.69, 9.17) is 0 Å². The Kier molecular flexibility index (Phi) is 5.18. The second-order valence-electron chi connectivity index (χ2n) is 3.36. The second kappa shape index (κ2) is 6.45. The molecule has 0 aliphatic heterocycles. The van der Waals surface area contributed by atoms with E-state index < -0.39 is 0 Å². The van der Waals surface area contributed by atoms with Gasteiger partial charge in [0.05, 0.1) is 6.04 Å². The fourth-order valence-electron chi connectivity index (χ4n) is 1.43. The Labute approximate surface area is 94.9 Å². The van der Waals surface area contributed by atoms with Gasteiger partial charge in [-0.25, -0.2) is 4.79 Å². The monoisotopic (exact) mass is 226 g/mol. The minimum Gasteiger partial charge on any atom is -0.338 e. The SMILES string of the molecule is CCCC(NC(=O)NCC)c1cccs1. The average Bonchev–Trinajstić information content (AvgIpc) is 2.70. The molecule has 2 amide bonds. The van der Waals surface area contributed by atoms with E-state index in [1.807, 2.05) is 18.4 Å². The molecule has 0 aliphatic carbocycles. The molecule has 3 nitrogen and oxygen atoms in total. The van der Waals surface area contributed by atoms with Crippen LogP contribution in [-0.2, 0) is 0 Å². The molecule has 0 aliphatic rings. The molecular weight excluding hydrogens is 208 g/mol. The van der Waals surface area contributed by atoms with Gasteiger partial charge in [0.25, 0.3) is 0 Å². The lowest BCUT2D eigenvalue weighted by atomic mass is 10.1. The minimum atomic E-state index is -0.0793. The predicted octanol–water partition coefficient (Wildman–Crippen LogP) is 2.91. The summed E-state index contributed by atoms with van der Waals surface area (Å²) in [5.74, 6) is 0. The Morgan fingerprint density at radius 3 is 2.87 bits per heavy atom. The lowest BCUT2D eigenvalue weighted by Gasteiger charge is -2.16. The smallest absolute Gasteiger partial charge is 0.315 e. The summed E-state index contributed by atoms with van der Waals surface area (Å²) in [6.07, 6.45) is 2.05. The fourth-order valence-corrected chi connectivity index (χ4v) is 2.25. The Bertz CT molecular complexity index is 285. The molecule has 1 atom stereocenters. The largest absolute Gasteiger partial charge is 0.338 e. The Morgan fingerprint density at radius 2 is 2.33 bits per heavy atom. The summed E-state index contributed by atoms with van der Waals surface area (Å²) in [5, 5.41) is 7.77. The van der Waals surface area contributed by atoms with Gasteiger partial charge in [0.15, 0.2) is 0 Å². The summed E-state index contributed by atoms with van der Waals surface area (Å²) in [5.41, 5.74) is 0. The molecule has 0 fully saturated rings. The molecule has 1 heterocycles. The number of urea groups is 1. The van der Waals surface area contributed by atoms with E-state index >= 15 is 0 Å². The zero-order chi connectivity index (χ0) is 11.1. The van der Waals surface area contributed by atoms with E-state index in [9.17, 15) is 4.79 Å². The van der Waals surface area contributed by atoms with Gasteiger partial charge in [-0.15, -0.1) is 11.3 Å². The van der Waals surface area contributed by atoms with Crippen LogP contribution < -0.4 is 10.6 Å². The maximum atomic E-state index is 11.4. The molecule has 0 spiro atoms. The van der Waals surface area contributed by atoms with Crippen molar-refractivity contribution in [3.63, 3.8) is 0 Å². The number of hydrogen-bond donors (Lipinski definition) is 2.